The molecule has 0 aliphatic heterocycles. The van der Waals surface area contributed by atoms with Crippen LogP contribution in [0.5, 0.6) is 0 Å². The molecule has 1 aromatic carbocycles. The number of hydrogen-bond acceptors (Lipinski definition) is 3. The molecule has 0 spiro atoms. The maximum atomic E-state index is 13.2. The predicted molar refractivity (Wildman–Crippen MR) is 71.5 cm³/mol. The van der Waals surface area contributed by atoms with Gasteiger partial charge in [0.05, 0.1) is 5.02 Å². The lowest BCUT2D eigenvalue weighted by atomic mass is 10.2. The van der Waals surface area contributed by atoms with Crippen molar-refractivity contribution >= 4 is 41.7 Å². The van der Waals surface area contributed by atoms with E-state index in [2.05, 4.69) is 23.3 Å². The van der Waals surface area contributed by atoms with E-state index >= 15 is 0 Å². The minimum atomic E-state index is -0.774. The molecule has 4 nitrogen and oxygen atoms in total. The highest BCUT2D eigenvalue weighted by Gasteiger charge is 2.18. The molecule has 0 heterocycles. The van der Waals surface area contributed by atoms with Gasteiger partial charge in [0.2, 0.25) is 11.8 Å². The van der Waals surface area contributed by atoms with Gasteiger partial charge in [0.1, 0.15) is 11.9 Å². The molecule has 0 radical (unpaired) electrons. The summed E-state index contributed by atoms with van der Waals surface area (Å²) in [7, 11) is 0. The molecule has 18 heavy (non-hydrogen) atoms. The molecule has 1 unspecified atom stereocenters. The Balaban J connectivity index is 2.73. The number of amides is 2. The fraction of sp³-hybridized carbons (Fsp3) is 0.273. The second kappa shape index (κ2) is 6.61. The third kappa shape index (κ3) is 4.19. The predicted octanol–water partition coefficient (Wildman–Crippen LogP) is 1.85. The first-order valence-corrected chi connectivity index (χ1v) is 6.09. The standard InChI is InChI=1S/C11H12ClFN2O2S/c1-6(16)14-10(5-18)11(17)15-7-2-3-8(12)9(13)4-7/h2-4,10,18H,5H2,1H3,(H,14,16)(H,15,17). The van der Waals surface area contributed by atoms with Crippen LogP contribution in [0, 0.1) is 5.82 Å². The summed E-state index contributed by atoms with van der Waals surface area (Å²) in [6.07, 6.45) is 0. The van der Waals surface area contributed by atoms with E-state index in [1.807, 2.05) is 0 Å². The van der Waals surface area contributed by atoms with E-state index in [4.69, 9.17) is 11.6 Å². The zero-order valence-electron chi connectivity index (χ0n) is 9.54. The average molecular weight is 291 g/mol. The first-order chi connectivity index (χ1) is 8.43. The molecule has 1 atom stereocenters. The first-order valence-electron chi connectivity index (χ1n) is 5.08. The second-order valence-electron chi connectivity index (χ2n) is 3.55. The number of anilines is 1. The molecule has 98 valence electrons. The van der Waals surface area contributed by atoms with Crippen molar-refractivity contribution in [2.75, 3.05) is 11.1 Å². The molecule has 0 saturated carbocycles. The minimum absolute atomic E-state index is 0.0272. The number of benzene rings is 1. The average Bonchev–Trinajstić information content (AvgIpc) is 2.30. The van der Waals surface area contributed by atoms with Crippen LogP contribution < -0.4 is 10.6 Å². The van der Waals surface area contributed by atoms with Crippen molar-refractivity contribution in [3.05, 3.63) is 29.0 Å². The van der Waals surface area contributed by atoms with Crippen molar-refractivity contribution in [3.8, 4) is 0 Å². The Morgan fingerprint density at radius 3 is 2.67 bits per heavy atom. The molecule has 1 aromatic rings. The van der Waals surface area contributed by atoms with Crippen LogP contribution in [-0.4, -0.2) is 23.6 Å². The van der Waals surface area contributed by atoms with E-state index in [-0.39, 0.29) is 22.4 Å². The van der Waals surface area contributed by atoms with Gasteiger partial charge in [-0.1, -0.05) is 11.6 Å². The minimum Gasteiger partial charge on any atom is -0.344 e. The Morgan fingerprint density at radius 1 is 1.50 bits per heavy atom. The Labute approximate surface area is 114 Å². The lowest BCUT2D eigenvalue weighted by molar-refractivity contribution is -0.124. The van der Waals surface area contributed by atoms with Crippen LogP contribution in [0.25, 0.3) is 0 Å². The van der Waals surface area contributed by atoms with Gasteiger partial charge >= 0.3 is 0 Å². The molecule has 0 fully saturated rings. The Morgan fingerprint density at radius 2 is 2.17 bits per heavy atom. The number of halogens is 2. The van der Waals surface area contributed by atoms with Crippen molar-refractivity contribution in [1.82, 2.24) is 5.32 Å². The van der Waals surface area contributed by atoms with Gasteiger partial charge in [-0.05, 0) is 18.2 Å². The van der Waals surface area contributed by atoms with Gasteiger partial charge in [0.15, 0.2) is 0 Å². The molecule has 1 rings (SSSR count). The van der Waals surface area contributed by atoms with Gasteiger partial charge in [-0.15, -0.1) is 0 Å². The number of hydrogen-bond donors (Lipinski definition) is 3. The van der Waals surface area contributed by atoms with Crippen LogP contribution in [0.2, 0.25) is 5.02 Å². The summed E-state index contributed by atoms with van der Waals surface area (Å²) in [6.45, 7) is 1.30. The highest BCUT2D eigenvalue weighted by atomic mass is 35.5. The van der Waals surface area contributed by atoms with Crippen molar-refractivity contribution in [2.45, 2.75) is 13.0 Å². The Kier molecular flexibility index (Phi) is 5.43. The van der Waals surface area contributed by atoms with Gasteiger partial charge in [-0.3, -0.25) is 9.59 Å². The van der Waals surface area contributed by atoms with Gasteiger partial charge in [-0.25, -0.2) is 4.39 Å². The van der Waals surface area contributed by atoms with Crippen LogP contribution in [-0.2, 0) is 9.59 Å². The van der Waals surface area contributed by atoms with Crippen molar-refractivity contribution in [1.29, 1.82) is 0 Å². The van der Waals surface area contributed by atoms with Crippen LogP contribution in [0.3, 0.4) is 0 Å². The summed E-state index contributed by atoms with van der Waals surface area (Å²) in [5.41, 5.74) is 0.263. The number of carbonyl (C=O) groups is 2. The van der Waals surface area contributed by atoms with Gasteiger partial charge < -0.3 is 10.6 Å². The van der Waals surface area contributed by atoms with E-state index in [0.717, 1.165) is 6.07 Å². The van der Waals surface area contributed by atoms with Gasteiger partial charge in [-0.2, -0.15) is 12.6 Å². The largest absolute Gasteiger partial charge is 0.344 e. The molecule has 0 aliphatic carbocycles. The Bertz CT molecular complexity index is 470. The van der Waals surface area contributed by atoms with Crippen molar-refractivity contribution < 1.29 is 14.0 Å². The first kappa shape index (κ1) is 14.8. The zero-order chi connectivity index (χ0) is 13.7. The van der Waals surface area contributed by atoms with Crippen LogP contribution >= 0.6 is 24.2 Å². The molecule has 7 heteroatoms. The lowest BCUT2D eigenvalue weighted by Crippen LogP contribution is -2.44. The van der Waals surface area contributed by atoms with Crippen LogP contribution in [0.1, 0.15) is 6.92 Å². The molecule has 0 saturated heterocycles. The summed E-state index contributed by atoms with van der Waals surface area (Å²) in [6, 6.07) is 3.13. The summed E-state index contributed by atoms with van der Waals surface area (Å²) >= 11 is 9.48. The number of nitrogens with one attached hydrogen (secondary N) is 2. The smallest absolute Gasteiger partial charge is 0.247 e. The summed E-state index contributed by atoms with van der Waals surface area (Å²) in [5, 5.41) is 4.87. The van der Waals surface area contributed by atoms with Crippen LogP contribution in [0.4, 0.5) is 10.1 Å². The number of thiol groups is 1. The number of carbonyl (C=O) groups excluding carboxylic acids is 2. The van der Waals surface area contributed by atoms with Gasteiger partial charge in [0.25, 0.3) is 0 Å². The summed E-state index contributed by atoms with van der Waals surface area (Å²) in [4.78, 5) is 22.6. The number of rotatable bonds is 4. The highest BCUT2D eigenvalue weighted by Crippen LogP contribution is 2.18. The zero-order valence-corrected chi connectivity index (χ0v) is 11.2. The van der Waals surface area contributed by atoms with E-state index in [0.29, 0.717) is 0 Å². The van der Waals surface area contributed by atoms with E-state index in [1.54, 1.807) is 0 Å². The van der Waals surface area contributed by atoms with Crippen molar-refractivity contribution in [3.63, 3.8) is 0 Å². The monoisotopic (exact) mass is 290 g/mol. The van der Waals surface area contributed by atoms with Crippen LogP contribution in [0.15, 0.2) is 18.2 Å². The molecular formula is C11H12ClFN2O2S. The molecule has 0 bridgehead atoms. The van der Waals surface area contributed by atoms with E-state index < -0.39 is 17.8 Å². The maximum absolute atomic E-state index is 13.2. The quantitative estimate of drug-likeness (QED) is 0.741. The molecule has 2 N–H and O–H groups in total. The normalized spacial score (nSPS) is 11.8. The topological polar surface area (TPSA) is 58.2 Å². The fourth-order valence-corrected chi connectivity index (χ4v) is 1.62. The highest BCUT2D eigenvalue weighted by molar-refractivity contribution is 7.80. The summed E-state index contributed by atoms with van der Waals surface area (Å²) < 4.78 is 13.2. The third-order valence-corrected chi connectivity index (χ3v) is 2.74. The van der Waals surface area contributed by atoms with E-state index in [1.165, 1.54) is 19.1 Å². The van der Waals surface area contributed by atoms with Gasteiger partial charge in [0, 0.05) is 18.4 Å². The molecule has 2 amide bonds. The SMILES string of the molecule is CC(=O)NC(CS)C(=O)Nc1ccc(Cl)c(F)c1. The van der Waals surface area contributed by atoms with E-state index in [9.17, 15) is 14.0 Å². The molecular weight excluding hydrogens is 279 g/mol. The second-order valence-corrected chi connectivity index (χ2v) is 4.33. The maximum Gasteiger partial charge on any atom is 0.247 e. The molecule has 0 aliphatic rings. The fourth-order valence-electron chi connectivity index (χ4n) is 1.24. The molecule has 0 aromatic heterocycles. The van der Waals surface area contributed by atoms with Crippen molar-refractivity contribution in [2.24, 2.45) is 0 Å². The Hall–Kier alpha value is -1.27. The summed E-state index contributed by atoms with van der Waals surface area (Å²) in [5.74, 6) is -1.30. The lowest BCUT2D eigenvalue weighted by Gasteiger charge is -2.15. The third-order valence-electron chi connectivity index (χ3n) is 2.06.